The molecular formula is C5H8O3. The van der Waals surface area contributed by atoms with Crippen LogP contribution in [0.3, 0.4) is 0 Å². The van der Waals surface area contributed by atoms with Crippen molar-refractivity contribution in [2.24, 2.45) is 0 Å². The Morgan fingerprint density at radius 3 is 2.62 bits per heavy atom. The molecule has 1 heterocycles. The lowest BCUT2D eigenvalue weighted by Gasteiger charge is -2.07. The second-order valence-corrected chi connectivity index (χ2v) is 2.16. The van der Waals surface area contributed by atoms with Gasteiger partial charge in [0.1, 0.15) is 0 Å². The van der Waals surface area contributed by atoms with Crippen LogP contribution in [0.15, 0.2) is 0 Å². The van der Waals surface area contributed by atoms with Gasteiger partial charge in [0.05, 0.1) is 6.61 Å². The summed E-state index contributed by atoms with van der Waals surface area (Å²) < 4.78 is 4.48. The van der Waals surface area contributed by atoms with Gasteiger partial charge in [-0.2, -0.15) is 0 Å². The van der Waals surface area contributed by atoms with Gasteiger partial charge >= 0.3 is 5.97 Å². The molecule has 8 heavy (non-hydrogen) atoms. The second kappa shape index (κ2) is 1.45. The highest BCUT2D eigenvalue weighted by atomic mass is 16.6. The molecule has 1 aliphatic rings. The van der Waals surface area contributed by atoms with Gasteiger partial charge in [0.2, 0.25) is 0 Å². The molecule has 0 saturated carbocycles. The first-order chi connectivity index (χ1) is 3.63. The van der Waals surface area contributed by atoms with Gasteiger partial charge in [-0.1, -0.05) is 0 Å². The molecule has 0 aromatic carbocycles. The maximum atomic E-state index is 10.4. The third-order valence-electron chi connectivity index (χ3n) is 1.26. The zero-order chi connectivity index (χ0) is 6.20. The van der Waals surface area contributed by atoms with Gasteiger partial charge in [-0.3, -0.25) is 0 Å². The third-order valence-corrected chi connectivity index (χ3v) is 1.26. The summed E-state index contributed by atoms with van der Waals surface area (Å²) in [6.45, 7) is 1.81. The van der Waals surface area contributed by atoms with Gasteiger partial charge in [-0.15, -0.1) is 0 Å². The molecule has 1 N–H and O–H groups in total. The Morgan fingerprint density at radius 2 is 2.50 bits per heavy atom. The number of ether oxygens (including phenoxy) is 1. The van der Waals surface area contributed by atoms with E-state index >= 15 is 0 Å². The van der Waals surface area contributed by atoms with Gasteiger partial charge in [0.15, 0.2) is 5.60 Å². The lowest BCUT2D eigenvalue weighted by atomic mass is 10.1. The highest BCUT2D eigenvalue weighted by Gasteiger charge is 2.37. The summed E-state index contributed by atoms with van der Waals surface area (Å²) in [5, 5.41) is 8.99. The average molecular weight is 116 g/mol. The number of rotatable bonds is 0. The molecule has 0 radical (unpaired) electrons. The lowest BCUT2D eigenvalue weighted by molar-refractivity contribution is -0.151. The van der Waals surface area contributed by atoms with E-state index in [1.54, 1.807) is 0 Å². The van der Waals surface area contributed by atoms with E-state index in [1.807, 2.05) is 0 Å². The van der Waals surface area contributed by atoms with Crippen LogP contribution in [0.5, 0.6) is 0 Å². The highest BCUT2D eigenvalue weighted by Crippen LogP contribution is 2.17. The molecule has 1 fully saturated rings. The van der Waals surface area contributed by atoms with Crippen molar-refractivity contribution in [3.8, 4) is 0 Å². The zero-order valence-electron chi connectivity index (χ0n) is 4.68. The fraction of sp³-hybridized carbons (Fsp3) is 0.800. The van der Waals surface area contributed by atoms with Crippen molar-refractivity contribution in [3.05, 3.63) is 0 Å². The lowest BCUT2D eigenvalue weighted by Crippen LogP contribution is -2.29. The molecule has 0 spiro atoms. The minimum atomic E-state index is -1.21. The number of aliphatic hydroxyl groups is 1. The van der Waals surface area contributed by atoms with E-state index in [-0.39, 0.29) is 0 Å². The van der Waals surface area contributed by atoms with Crippen LogP contribution in [0.1, 0.15) is 13.3 Å². The van der Waals surface area contributed by atoms with Crippen LogP contribution in [0.2, 0.25) is 0 Å². The first-order valence-corrected chi connectivity index (χ1v) is 2.52. The normalized spacial score (nSPS) is 37.5. The number of carbonyl (C=O) groups is 1. The molecule has 1 unspecified atom stereocenters. The van der Waals surface area contributed by atoms with Crippen LogP contribution in [-0.2, 0) is 9.53 Å². The van der Waals surface area contributed by atoms with Gasteiger partial charge in [-0.25, -0.2) is 4.79 Å². The van der Waals surface area contributed by atoms with Gasteiger partial charge in [0, 0.05) is 6.42 Å². The second-order valence-electron chi connectivity index (χ2n) is 2.16. The zero-order valence-corrected chi connectivity index (χ0v) is 4.68. The fourth-order valence-electron chi connectivity index (χ4n) is 0.600. The van der Waals surface area contributed by atoms with Crippen molar-refractivity contribution in [1.29, 1.82) is 0 Å². The van der Waals surface area contributed by atoms with E-state index in [4.69, 9.17) is 5.11 Å². The van der Waals surface area contributed by atoms with Crippen LogP contribution in [0.4, 0.5) is 0 Å². The summed E-state index contributed by atoms with van der Waals surface area (Å²) in [5.41, 5.74) is -1.21. The molecule has 1 atom stereocenters. The summed E-state index contributed by atoms with van der Waals surface area (Å²) >= 11 is 0. The fourth-order valence-corrected chi connectivity index (χ4v) is 0.600. The van der Waals surface area contributed by atoms with Crippen molar-refractivity contribution in [2.75, 3.05) is 6.61 Å². The molecule has 0 aliphatic carbocycles. The van der Waals surface area contributed by atoms with Crippen molar-refractivity contribution in [2.45, 2.75) is 18.9 Å². The Labute approximate surface area is 47.3 Å². The average Bonchev–Trinajstić information content (AvgIpc) is 1.86. The molecular weight excluding hydrogens is 108 g/mol. The van der Waals surface area contributed by atoms with Gasteiger partial charge < -0.3 is 9.84 Å². The topological polar surface area (TPSA) is 46.5 Å². The number of cyclic esters (lactones) is 1. The molecule has 0 aromatic heterocycles. The largest absolute Gasteiger partial charge is 0.463 e. The van der Waals surface area contributed by atoms with E-state index in [0.29, 0.717) is 13.0 Å². The highest BCUT2D eigenvalue weighted by molar-refractivity contribution is 5.80. The van der Waals surface area contributed by atoms with Crippen LogP contribution < -0.4 is 0 Å². The molecule has 0 amide bonds. The van der Waals surface area contributed by atoms with Crippen LogP contribution in [0.25, 0.3) is 0 Å². The van der Waals surface area contributed by atoms with E-state index in [9.17, 15) is 4.79 Å². The van der Waals surface area contributed by atoms with Crippen LogP contribution in [0, 0.1) is 0 Å². The summed E-state index contributed by atoms with van der Waals surface area (Å²) in [7, 11) is 0. The number of hydrogen-bond acceptors (Lipinski definition) is 3. The van der Waals surface area contributed by atoms with Crippen LogP contribution >= 0.6 is 0 Å². The third kappa shape index (κ3) is 0.690. The van der Waals surface area contributed by atoms with E-state index < -0.39 is 11.6 Å². The summed E-state index contributed by atoms with van der Waals surface area (Å²) in [5.74, 6) is -0.502. The Morgan fingerprint density at radius 1 is 1.88 bits per heavy atom. The predicted octanol–water partition coefficient (Wildman–Crippen LogP) is -0.316. The monoisotopic (exact) mass is 116 g/mol. The van der Waals surface area contributed by atoms with Crippen molar-refractivity contribution in [1.82, 2.24) is 0 Å². The number of hydrogen-bond donors (Lipinski definition) is 1. The maximum absolute atomic E-state index is 10.4. The SMILES string of the molecule is CC1(O)CCOC1=O. The molecule has 1 aliphatic heterocycles. The summed E-state index contributed by atoms with van der Waals surface area (Å²) in [6.07, 6.45) is 0.422. The van der Waals surface area contributed by atoms with Crippen molar-refractivity contribution < 1.29 is 14.6 Å². The molecule has 46 valence electrons. The van der Waals surface area contributed by atoms with Crippen LogP contribution in [-0.4, -0.2) is 23.3 Å². The first kappa shape index (κ1) is 5.56. The van der Waals surface area contributed by atoms with E-state index in [2.05, 4.69) is 4.74 Å². The minimum absolute atomic E-state index is 0.353. The van der Waals surface area contributed by atoms with E-state index in [1.165, 1.54) is 6.92 Å². The van der Waals surface area contributed by atoms with E-state index in [0.717, 1.165) is 0 Å². The van der Waals surface area contributed by atoms with Crippen molar-refractivity contribution in [3.63, 3.8) is 0 Å². The smallest absolute Gasteiger partial charge is 0.337 e. The predicted molar refractivity (Wildman–Crippen MR) is 26.2 cm³/mol. The van der Waals surface area contributed by atoms with Gasteiger partial charge in [-0.05, 0) is 6.92 Å². The molecule has 0 aromatic rings. The Kier molecular flexibility index (Phi) is 1.01. The Hall–Kier alpha value is -0.570. The summed E-state index contributed by atoms with van der Waals surface area (Å²) in [4.78, 5) is 10.4. The van der Waals surface area contributed by atoms with Gasteiger partial charge in [0.25, 0.3) is 0 Å². The standard InChI is InChI=1S/C5H8O3/c1-5(7)2-3-8-4(5)6/h7H,2-3H2,1H3. The molecule has 1 saturated heterocycles. The number of esters is 1. The molecule has 3 heteroatoms. The minimum Gasteiger partial charge on any atom is -0.463 e. The van der Waals surface area contributed by atoms with Crippen molar-refractivity contribution >= 4 is 5.97 Å². The maximum Gasteiger partial charge on any atom is 0.337 e. The Balaban J connectivity index is 2.68. The molecule has 1 rings (SSSR count). The first-order valence-electron chi connectivity index (χ1n) is 2.52. The Bertz CT molecular complexity index is 117. The quantitative estimate of drug-likeness (QED) is 0.441. The summed E-state index contributed by atoms with van der Waals surface area (Å²) in [6, 6.07) is 0. The molecule has 0 bridgehead atoms. The number of carbonyl (C=O) groups excluding carboxylic acids is 1. The molecule has 3 nitrogen and oxygen atoms in total.